The predicted molar refractivity (Wildman–Crippen MR) is 48.4 cm³/mol. The highest BCUT2D eigenvalue weighted by Crippen LogP contribution is 2.29. The molecule has 1 N–H and O–H groups in total. The van der Waals surface area contributed by atoms with Gasteiger partial charge >= 0.3 is 0 Å². The molecule has 0 bridgehead atoms. The average Bonchev–Trinajstić information content (AvgIpc) is 2.31. The summed E-state index contributed by atoms with van der Waals surface area (Å²) in [5, 5.41) is 10.7. The molecule has 2 aliphatic heterocycles. The van der Waals surface area contributed by atoms with Gasteiger partial charge in [-0.2, -0.15) is 0 Å². The highest BCUT2D eigenvalue weighted by atomic mass is 32.2. The fourth-order valence-electron chi connectivity index (χ4n) is 1.06. The van der Waals surface area contributed by atoms with Gasteiger partial charge in [0.2, 0.25) is 0 Å². The van der Waals surface area contributed by atoms with Gasteiger partial charge in [-0.05, 0) is 17.6 Å². The highest BCUT2D eigenvalue weighted by Gasteiger charge is 2.13. The summed E-state index contributed by atoms with van der Waals surface area (Å²) in [5.74, 6) is 0. The zero-order valence-corrected chi connectivity index (χ0v) is 6.77. The van der Waals surface area contributed by atoms with E-state index >= 15 is 0 Å². The van der Waals surface area contributed by atoms with Crippen molar-refractivity contribution >= 4 is 17.5 Å². The molecule has 2 nitrogen and oxygen atoms in total. The molecule has 0 saturated heterocycles. The van der Waals surface area contributed by atoms with E-state index in [1.807, 2.05) is 29.8 Å². The van der Waals surface area contributed by atoms with Gasteiger partial charge in [0.05, 0.1) is 17.3 Å². The molecule has 0 radical (unpaired) electrons. The van der Waals surface area contributed by atoms with E-state index in [4.69, 9.17) is 5.41 Å². The first kappa shape index (κ1) is 6.73. The van der Waals surface area contributed by atoms with Crippen LogP contribution < -0.4 is 0 Å². The van der Waals surface area contributed by atoms with Crippen LogP contribution in [-0.4, -0.2) is 17.2 Å². The van der Waals surface area contributed by atoms with Gasteiger partial charge in [0.15, 0.2) is 0 Å². The molecule has 0 atom stereocenters. The Bertz CT molecular complexity index is 276. The van der Waals surface area contributed by atoms with Gasteiger partial charge in [0.25, 0.3) is 0 Å². The first-order chi connectivity index (χ1) is 5.36. The average molecular weight is 164 g/mol. The van der Waals surface area contributed by atoms with E-state index < -0.39 is 0 Å². The third kappa shape index (κ3) is 1.24. The van der Waals surface area contributed by atoms with Crippen molar-refractivity contribution in [3.8, 4) is 0 Å². The molecule has 2 rings (SSSR count). The second kappa shape index (κ2) is 2.58. The van der Waals surface area contributed by atoms with Crippen LogP contribution in [0.5, 0.6) is 0 Å². The molecule has 0 aromatic carbocycles. The van der Waals surface area contributed by atoms with Crippen LogP contribution in [0.15, 0.2) is 34.9 Å². The van der Waals surface area contributed by atoms with E-state index in [9.17, 15) is 0 Å². The number of allylic oxidation sites excluding steroid dienone is 2. The van der Waals surface area contributed by atoms with E-state index in [-0.39, 0.29) is 0 Å². The molecule has 2 heterocycles. The zero-order chi connectivity index (χ0) is 7.68. The predicted octanol–water partition coefficient (Wildman–Crippen LogP) is 1.94. The number of fused-ring (bicyclic) bond motifs is 1. The minimum absolute atomic E-state index is 0.656. The van der Waals surface area contributed by atoms with Crippen molar-refractivity contribution in [2.45, 2.75) is 0 Å². The van der Waals surface area contributed by atoms with Gasteiger partial charge in [-0.15, -0.1) is 0 Å². The van der Waals surface area contributed by atoms with Crippen molar-refractivity contribution in [2.75, 3.05) is 6.54 Å². The third-order valence-corrected chi connectivity index (χ3v) is 2.46. The maximum absolute atomic E-state index is 7.48. The second-order valence-electron chi connectivity index (χ2n) is 2.42. The molecule has 0 fully saturated rings. The lowest BCUT2D eigenvalue weighted by Gasteiger charge is -2.14. The van der Waals surface area contributed by atoms with Crippen molar-refractivity contribution in [2.24, 2.45) is 0 Å². The summed E-state index contributed by atoms with van der Waals surface area (Å²) in [6.45, 7) is 0.700. The molecule has 0 unspecified atom stereocenters. The Kier molecular flexibility index (Phi) is 1.58. The SMILES string of the molecule is N=C1C=CC=C2SC=CN2C1. The molecule has 0 amide bonds. The maximum atomic E-state index is 7.48. The quantitative estimate of drug-likeness (QED) is 0.592. The number of hydrogen-bond donors (Lipinski definition) is 1. The Labute approximate surface area is 69.8 Å². The lowest BCUT2D eigenvalue weighted by Crippen LogP contribution is -2.18. The van der Waals surface area contributed by atoms with Crippen molar-refractivity contribution in [1.29, 1.82) is 5.41 Å². The molecular weight excluding hydrogens is 156 g/mol. The smallest absolute Gasteiger partial charge is 0.0794 e. The van der Waals surface area contributed by atoms with Crippen molar-refractivity contribution < 1.29 is 0 Å². The standard InChI is InChI=1S/C8H8N2S/c9-7-2-1-3-8-10(6-7)4-5-11-8/h1-5,9H,6H2. The van der Waals surface area contributed by atoms with Crippen LogP contribution in [-0.2, 0) is 0 Å². The van der Waals surface area contributed by atoms with Crippen LogP contribution in [0.2, 0.25) is 0 Å². The van der Waals surface area contributed by atoms with Gasteiger partial charge < -0.3 is 10.3 Å². The van der Waals surface area contributed by atoms with Crippen molar-refractivity contribution in [1.82, 2.24) is 4.90 Å². The topological polar surface area (TPSA) is 27.1 Å². The second-order valence-corrected chi connectivity index (χ2v) is 3.35. The van der Waals surface area contributed by atoms with E-state index in [2.05, 4.69) is 4.90 Å². The van der Waals surface area contributed by atoms with Gasteiger partial charge in [-0.3, -0.25) is 0 Å². The van der Waals surface area contributed by atoms with Crippen molar-refractivity contribution in [3.05, 3.63) is 34.9 Å². The summed E-state index contributed by atoms with van der Waals surface area (Å²) in [6, 6.07) is 0. The summed E-state index contributed by atoms with van der Waals surface area (Å²) < 4.78 is 0. The zero-order valence-electron chi connectivity index (χ0n) is 5.95. The summed E-state index contributed by atoms with van der Waals surface area (Å²) in [7, 11) is 0. The minimum Gasteiger partial charge on any atom is -0.336 e. The molecule has 2 aliphatic rings. The normalized spacial score (nSPS) is 21.6. The lowest BCUT2D eigenvalue weighted by molar-refractivity contribution is 0.578. The summed E-state index contributed by atoms with van der Waals surface area (Å²) >= 11 is 1.70. The number of nitrogens with zero attached hydrogens (tertiary/aromatic N) is 1. The Morgan fingerprint density at radius 1 is 1.55 bits per heavy atom. The third-order valence-electron chi connectivity index (χ3n) is 1.59. The maximum Gasteiger partial charge on any atom is 0.0794 e. The molecule has 0 saturated carbocycles. The largest absolute Gasteiger partial charge is 0.336 e. The van der Waals surface area contributed by atoms with Crippen LogP contribution in [0.25, 0.3) is 0 Å². The Morgan fingerprint density at radius 2 is 2.45 bits per heavy atom. The van der Waals surface area contributed by atoms with E-state index in [1.165, 1.54) is 5.03 Å². The highest BCUT2D eigenvalue weighted by molar-refractivity contribution is 8.06. The van der Waals surface area contributed by atoms with Crippen LogP contribution in [0.3, 0.4) is 0 Å². The molecule has 0 aliphatic carbocycles. The molecule has 11 heavy (non-hydrogen) atoms. The van der Waals surface area contributed by atoms with E-state index in [0.29, 0.717) is 12.3 Å². The summed E-state index contributed by atoms with van der Waals surface area (Å²) in [4.78, 5) is 2.08. The number of hydrogen-bond acceptors (Lipinski definition) is 3. The first-order valence-corrected chi connectivity index (χ1v) is 4.30. The minimum atomic E-state index is 0.656. The van der Waals surface area contributed by atoms with Gasteiger partial charge in [-0.1, -0.05) is 17.8 Å². The van der Waals surface area contributed by atoms with Gasteiger partial charge in [0, 0.05) is 6.20 Å². The van der Waals surface area contributed by atoms with Crippen molar-refractivity contribution in [3.63, 3.8) is 0 Å². The molecular formula is C8H8N2S. The molecule has 0 spiro atoms. The Balaban J connectivity index is 2.28. The molecule has 3 heteroatoms. The molecule has 0 aromatic heterocycles. The van der Waals surface area contributed by atoms with Crippen LogP contribution in [0.1, 0.15) is 0 Å². The van der Waals surface area contributed by atoms with E-state index in [1.54, 1.807) is 11.8 Å². The Morgan fingerprint density at radius 3 is 3.36 bits per heavy atom. The number of rotatable bonds is 0. The number of nitrogens with one attached hydrogen (secondary N) is 1. The first-order valence-electron chi connectivity index (χ1n) is 3.42. The molecule has 0 aromatic rings. The Hall–Kier alpha value is -0.960. The van der Waals surface area contributed by atoms with Gasteiger partial charge in [-0.25, -0.2) is 0 Å². The summed E-state index contributed by atoms with van der Waals surface area (Å²) in [6.07, 6.45) is 7.81. The lowest BCUT2D eigenvalue weighted by atomic mass is 10.3. The fourth-order valence-corrected chi connectivity index (χ4v) is 1.83. The van der Waals surface area contributed by atoms with Crippen LogP contribution in [0.4, 0.5) is 0 Å². The van der Waals surface area contributed by atoms with Crippen LogP contribution >= 0.6 is 11.8 Å². The summed E-state index contributed by atoms with van der Waals surface area (Å²) in [5.41, 5.74) is 0.656. The van der Waals surface area contributed by atoms with Gasteiger partial charge in [0.1, 0.15) is 0 Å². The molecule has 56 valence electrons. The fraction of sp³-hybridized carbons (Fsp3) is 0.125. The van der Waals surface area contributed by atoms with Crippen LogP contribution in [0, 0.1) is 5.41 Å². The van der Waals surface area contributed by atoms with E-state index in [0.717, 1.165) is 0 Å². The monoisotopic (exact) mass is 164 g/mol. The number of thioether (sulfide) groups is 1.